The molecule has 0 saturated carbocycles. The van der Waals surface area contributed by atoms with Gasteiger partial charge in [0.1, 0.15) is 23.0 Å². The maximum absolute atomic E-state index is 13.4. The molecule has 0 heterocycles. The highest BCUT2D eigenvalue weighted by molar-refractivity contribution is 8.00. The molecule has 4 aromatic carbocycles. The van der Waals surface area contributed by atoms with Crippen LogP contribution in [0.5, 0.6) is 11.5 Å². The number of ether oxygens (including phenoxy) is 2. The maximum atomic E-state index is 13.4. The van der Waals surface area contributed by atoms with Gasteiger partial charge in [0.05, 0.1) is 25.0 Å². The van der Waals surface area contributed by atoms with Crippen LogP contribution in [-0.4, -0.2) is 37.7 Å². The Bertz CT molecular complexity index is 1650. The maximum Gasteiger partial charge on any atom is 0.272 e. The largest absolute Gasteiger partial charge is 0.497 e. The third-order valence-electron chi connectivity index (χ3n) is 5.95. The molecule has 0 aliphatic carbocycles. The monoisotopic (exact) mass is 619 g/mol. The molecular weight excluding hydrogens is 593 g/mol. The summed E-state index contributed by atoms with van der Waals surface area (Å²) in [5.74, 6) is -0.744. The van der Waals surface area contributed by atoms with Gasteiger partial charge in [-0.05, 0) is 72.8 Å². The van der Waals surface area contributed by atoms with Crippen molar-refractivity contribution < 1.29 is 28.2 Å². The van der Waals surface area contributed by atoms with Gasteiger partial charge in [-0.3, -0.25) is 14.4 Å². The minimum atomic E-state index is -0.567. The van der Waals surface area contributed by atoms with Gasteiger partial charge in [-0.15, -0.1) is 11.8 Å². The lowest BCUT2D eigenvalue weighted by molar-refractivity contribution is -0.114. The minimum absolute atomic E-state index is 0.00617. The van der Waals surface area contributed by atoms with E-state index >= 15 is 0 Å². The van der Waals surface area contributed by atoms with E-state index in [0.29, 0.717) is 34.0 Å². The smallest absolute Gasteiger partial charge is 0.272 e. The van der Waals surface area contributed by atoms with Gasteiger partial charge < -0.3 is 25.4 Å². The number of carbonyl (C=O) groups is 3. The topological polar surface area (TPSA) is 106 Å². The minimum Gasteiger partial charge on any atom is -0.497 e. The van der Waals surface area contributed by atoms with E-state index in [1.165, 1.54) is 50.3 Å². The number of rotatable bonds is 11. The predicted octanol–water partition coefficient (Wildman–Crippen LogP) is 6.64. The number of methoxy groups -OCH3 is 2. The second-order valence-electron chi connectivity index (χ2n) is 8.93. The zero-order valence-corrected chi connectivity index (χ0v) is 24.7. The van der Waals surface area contributed by atoms with Crippen LogP contribution < -0.4 is 25.4 Å². The molecule has 0 spiro atoms. The molecule has 0 saturated heterocycles. The molecule has 4 aromatic rings. The number of carbonyl (C=O) groups excluding carboxylic acids is 3. The van der Waals surface area contributed by atoms with Gasteiger partial charge in [0.15, 0.2) is 0 Å². The highest BCUT2D eigenvalue weighted by Crippen LogP contribution is 2.27. The van der Waals surface area contributed by atoms with Crippen LogP contribution >= 0.6 is 23.4 Å². The summed E-state index contributed by atoms with van der Waals surface area (Å²) < 4.78 is 24.0. The summed E-state index contributed by atoms with van der Waals surface area (Å²) in [6.07, 6.45) is 1.52. The first-order chi connectivity index (χ1) is 20.7. The summed E-state index contributed by atoms with van der Waals surface area (Å²) in [5.41, 5.74) is 1.80. The van der Waals surface area contributed by atoms with Crippen LogP contribution in [0.2, 0.25) is 5.02 Å². The van der Waals surface area contributed by atoms with Crippen molar-refractivity contribution in [3.05, 3.63) is 119 Å². The van der Waals surface area contributed by atoms with E-state index in [9.17, 15) is 18.8 Å². The molecule has 3 N–H and O–H groups in total. The Labute approximate surface area is 257 Å². The molecule has 0 aliphatic rings. The summed E-state index contributed by atoms with van der Waals surface area (Å²) in [6, 6.07) is 24.5. The number of amides is 3. The van der Waals surface area contributed by atoms with Crippen LogP contribution in [-0.2, 0) is 9.59 Å². The quantitative estimate of drug-likeness (QED) is 0.128. The lowest BCUT2D eigenvalue weighted by atomic mass is 10.1. The first-order valence-corrected chi connectivity index (χ1v) is 14.2. The lowest BCUT2D eigenvalue weighted by Gasteiger charge is -2.13. The van der Waals surface area contributed by atoms with E-state index in [4.69, 9.17) is 21.1 Å². The normalized spacial score (nSPS) is 10.9. The molecule has 0 atom stereocenters. The summed E-state index contributed by atoms with van der Waals surface area (Å²) in [5, 5.41) is 8.08. The fourth-order valence-electron chi connectivity index (χ4n) is 3.79. The van der Waals surface area contributed by atoms with Crippen LogP contribution in [0.4, 0.5) is 15.8 Å². The molecular formula is C32H27ClFN3O5S. The van der Waals surface area contributed by atoms with E-state index in [1.807, 2.05) is 0 Å². The molecule has 0 radical (unpaired) electrons. The van der Waals surface area contributed by atoms with Gasteiger partial charge in [-0.25, -0.2) is 4.39 Å². The second-order valence-corrected chi connectivity index (χ2v) is 10.4. The standard InChI is InChI=1S/C32H27ClFN3O5S/c1-41-24-12-8-21(29(18-24)42-2)16-28(37-31(39)20-6-4-3-5-7-20)32(40)36-22-9-13-25(14-10-22)43-19-30(38)35-23-11-15-27(34)26(33)17-23/h3-18H,19H2,1-2H3,(H,35,38)(H,36,40)(H,37,39)/b28-16-. The summed E-state index contributed by atoms with van der Waals surface area (Å²) in [4.78, 5) is 39.4. The van der Waals surface area contributed by atoms with Crippen molar-refractivity contribution in [1.29, 1.82) is 0 Å². The highest BCUT2D eigenvalue weighted by Gasteiger charge is 2.17. The fourth-order valence-corrected chi connectivity index (χ4v) is 4.67. The van der Waals surface area contributed by atoms with Crippen LogP contribution in [0, 0.1) is 5.82 Å². The van der Waals surface area contributed by atoms with Gasteiger partial charge in [0, 0.05) is 33.5 Å². The van der Waals surface area contributed by atoms with E-state index in [2.05, 4.69) is 16.0 Å². The highest BCUT2D eigenvalue weighted by atomic mass is 35.5. The van der Waals surface area contributed by atoms with Crippen molar-refractivity contribution in [2.75, 3.05) is 30.6 Å². The Balaban J connectivity index is 1.45. The summed E-state index contributed by atoms with van der Waals surface area (Å²) >= 11 is 7.04. The zero-order valence-electron chi connectivity index (χ0n) is 23.2. The van der Waals surface area contributed by atoms with Gasteiger partial charge in [0.2, 0.25) is 5.91 Å². The molecule has 4 rings (SSSR count). The molecule has 0 aromatic heterocycles. The van der Waals surface area contributed by atoms with Crippen LogP contribution in [0.1, 0.15) is 15.9 Å². The first-order valence-electron chi connectivity index (χ1n) is 12.8. The predicted molar refractivity (Wildman–Crippen MR) is 167 cm³/mol. The van der Waals surface area contributed by atoms with Crippen molar-refractivity contribution in [1.82, 2.24) is 5.32 Å². The van der Waals surface area contributed by atoms with Gasteiger partial charge >= 0.3 is 0 Å². The van der Waals surface area contributed by atoms with Crippen molar-refractivity contribution in [3.63, 3.8) is 0 Å². The van der Waals surface area contributed by atoms with Crippen molar-refractivity contribution in [2.45, 2.75) is 4.90 Å². The average Bonchev–Trinajstić information content (AvgIpc) is 3.02. The van der Waals surface area contributed by atoms with Crippen molar-refractivity contribution in [2.24, 2.45) is 0 Å². The van der Waals surface area contributed by atoms with Crippen LogP contribution in [0.15, 0.2) is 102 Å². The molecule has 0 bridgehead atoms. The second kappa shape index (κ2) is 14.9. The number of hydrogen-bond acceptors (Lipinski definition) is 6. The van der Waals surface area contributed by atoms with Crippen molar-refractivity contribution >= 4 is 58.5 Å². The van der Waals surface area contributed by atoms with Gasteiger partial charge in [-0.2, -0.15) is 0 Å². The number of thioether (sulfide) groups is 1. The van der Waals surface area contributed by atoms with E-state index in [0.717, 1.165) is 4.90 Å². The van der Waals surface area contributed by atoms with Crippen LogP contribution in [0.3, 0.4) is 0 Å². The van der Waals surface area contributed by atoms with E-state index in [-0.39, 0.29) is 22.4 Å². The molecule has 0 unspecified atom stereocenters. The number of hydrogen-bond donors (Lipinski definition) is 3. The molecule has 0 aliphatic heterocycles. The fraction of sp³-hybridized carbons (Fsp3) is 0.0938. The lowest BCUT2D eigenvalue weighted by Crippen LogP contribution is -2.30. The molecule has 8 nitrogen and oxygen atoms in total. The number of benzene rings is 4. The van der Waals surface area contributed by atoms with E-state index in [1.54, 1.807) is 72.8 Å². The van der Waals surface area contributed by atoms with Gasteiger partial charge in [-0.1, -0.05) is 29.8 Å². The Morgan fingerprint density at radius 3 is 2.26 bits per heavy atom. The first kappa shape index (κ1) is 31.1. The SMILES string of the molecule is COc1ccc(/C=C(\NC(=O)c2ccccc2)C(=O)Nc2ccc(SCC(=O)Nc3ccc(F)c(Cl)c3)cc2)c(OC)c1. The van der Waals surface area contributed by atoms with Crippen molar-refractivity contribution in [3.8, 4) is 11.5 Å². The molecule has 220 valence electrons. The zero-order chi connectivity index (χ0) is 30.8. The number of nitrogens with one attached hydrogen (secondary N) is 3. The van der Waals surface area contributed by atoms with E-state index < -0.39 is 17.6 Å². The molecule has 0 fully saturated rings. The third kappa shape index (κ3) is 8.84. The van der Waals surface area contributed by atoms with Gasteiger partial charge in [0.25, 0.3) is 11.8 Å². The van der Waals surface area contributed by atoms with Crippen LogP contribution in [0.25, 0.3) is 6.08 Å². The Kier molecular flexibility index (Phi) is 10.8. The Morgan fingerprint density at radius 2 is 1.58 bits per heavy atom. The number of halogens is 2. The molecule has 3 amide bonds. The number of anilines is 2. The Hall–Kier alpha value is -4.80. The molecule has 11 heteroatoms. The Morgan fingerprint density at radius 1 is 0.860 bits per heavy atom. The summed E-state index contributed by atoms with van der Waals surface area (Å²) in [7, 11) is 3.03. The molecule has 43 heavy (non-hydrogen) atoms. The summed E-state index contributed by atoms with van der Waals surface area (Å²) in [6.45, 7) is 0. The third-order valence-corrected chi connectivity index (χ3v) is 7.26. The average molecular weight is 620 g/mol.